The van der Waals surface area contributed by atoms with Crippen LogP contribution >= 0.6 is 0 Å². The summed E-state index contributed by atoms with van der Waals surface area (Å²) >= 11 is 0. The van der Waals surface area contributed by atoms with Gasteiger partial charge in [-0.1, -0.05) is 54.6 Å². The monoisotopic (exact) mass is 575 g/mol. The number of hydrogen-bond acceptors (Lipinski definition) is 10. The van der Waals surface area contributed by atoms with E-state index in [4.69, 9.17) is 9.47 Å². The summed E-state index contributed by atoms with van der Waals surface area (Å²) in [6.07, 6.45) is 2.59. The van der Waals surface area contributed by atoms with E-state index in [9.17, 15) is 29.3 Å². The minimum atomic E-state index is -0.635. The number of aromatic nitrogens is 2. The van der Waals surface area contributed by atoms with Crippen LogP contribution in [0.5, 0.6) is 0 Å². The second-order valence-corrected chi connectivity index (χ2v) is 9.18. The Balaban J connectivity index is 0.000000173. The van der Waals surface area contributed by atoms with E-state index in [1.807, 2.05) is 0 Å². The average molecular weight is 576 g/mol. The summed E-state index contributed by atoms with van der Waals surface area (Å²) < 4.78 is 9.57. The number of rotatable bonds is 3. The number of carbonyl (C=O) groups is 2. The van der Waals surface area contributed by atoms with Gasteiger partial charge in [0, 0.05) is 44.6 Å². The van der Waals surface area contributed by atoms with Gasteiger partial charge in [0.1, 0.15) is 17.2 Å². The third kappa shape index (κ3) is 5.34. The first-order chi connectivity index (χ1) is 20.7. The van der Waals surface area contributed by atoms with Gasteiger partial charge in [0.15, 0.2) is 0 Å². The minimum absolute atomic E-state index is 0.0574. The van der Waals surface area contributed by atoms with E-state index < -0.39 is 22.3 Å². The zero-order chi connectivity index (χ0) is 30.7. The van der Waals surface area contributed by atoms with Crippen molar-refractivity contribution in [2.75, 3.05) is 14.2 Å². The van der Waals surface area contributed by atoms with Gasteiger partial charge in [0.05, 0.1) is 30.3 Å². The van der Waals surface area contributed by atoms with E-state index in [2.05, 4.69) is 9.97 Å². The molecule has 0 unspecified atom stereocenters. The second kappa shape index (κ2) is 11.8. The number of fused-ring (bicyclic) bond motifs is 4. The molecule has 0 aliphatic rings. The molecule has 11 nitrogen and oxygen atoms in total. The topological polar surface area (TPSA) is 156 Å². The number of nitro groups is 1. The Morgan fingerprint density at radius 2 is 1.16 bits per heavy atom. The molecule has 43 heavy (non-hydrogen) atoms. The normalized spacial score (nSPS) is 10.7. The number of methoxy groups -OCH3 is 2. The first-order valence-corrected chi connectivity index (χ1v) is 12.7. The highest BCUT2D eigenvalue weighted by atomic mass is 16.6. The molecule has 2 aromatic heterocycles. The first kappa shape index (κ1) is 28.4. The van der Waals surface area contributed by atoms with E-state index in [-0.39, 0.29) is 27.6 Å². The summed E-state index contributed by atoms with van der Waals surface area (Å²) in [6, 6.07) is 21.3. The molecule has 0 bridgehead atoms. The summed E-state index contributed by atoms with van der Waals surface area (Å²) in [7, 11) is 2.55. The molecule has 6 rings (SSSR count). The molecule has 212 valence electrons. The van der Waals surface area contributed by atoms with Crippen molar-refractivity contribution in [3.63, 3.8) is 0 Å². The van der Waals surface area contributed by atoms with Gasteiger partial charge in [-0.2, -0.15) is 0 Å². The number of nitrogens with zero attached hydrogens (tertiary/aromatic N) is 3. The number of carbonyl (C=O) groups excluding carboxylic acids is 2. The van der Waals surface area contributed by atoms with Crippen molar-refractivity contribution in [3.05, 3.63) is 133 Å². The molecule has 6 aromatic rings. The molecular weight excluding hydrogens is 554 g/mol. The van der Waals surface area contributed by atoms with Crippen molar-refractivity contribution in [1.29, 1.82) is 0 Å². The third-order valence-electron chi connectivity index (χ3n) is 6.72. The van der Waals surface area contributed by atoms with Crippen LogP contribution in [0.2, 0.25) is 0 Å². The predicted molar refractivity (Wildman–Crippen MR) is 160 cm³/mol. The van der Waals surface area contributed by atoms with Crippen molar-refractivity contribution in [2.45, 2.75) is 0 Å². The maximum atomic E-state index is 12.6. The summed E-state index contributed by atoms with van der Waals surface area (Å²) in [6.45, 7) is 0. The van der Waals surface area contributed by atoms with Gasteiger partial charge in [-0.3, -0.25) is 24.7 Å². The van der Waals surface area contributed by atoms with Gasteiger partial charge < -0.3 is 9.47 Å². The molecule has 0 saturated heterocycles. The molecule has 4 aromatic carbocycles. The highest BCUT2D eigenvalue weighted by molar-refractivity contribution is 6.08. The lowest BCUT2D eigenvalue weighted by Gasteiger charge is -1.99. The van der Waals surface area contributed by atoms with Gasteiger partial charge in [-0.25, -0.2) is 14.6 Å². The van der Waals surface area contributed by atoms with Crippen LogP contribution in [0.25, 0.3) is 43.4 Å². The number of esters is 2. The molecule has 0 N–H and O–H groups in total. The molecule has 0 spiro atoms. The van der Waals surface area contributed by atoms with E-state index in [1.54, 1.807) is 72.9 Å². The summed E-state index contributed by atoms with van der Waals surface area (Å²) in [5, 5.41) is 13.5. The van der Waals surface area contributed by atoms with Crippen molar-refractivity contribution in [1.82, 2.24) is 9.97 Å². The zero-order valence-corrected chi connectivity index (χ0v) is 22.8. The largest absolute Gasteiger partial charge is 0.465 e. The molecule has 0 saturated carbocycles. The Morgan fingerprint density at radius 3 is 1.67 bits per heavy atom. The highest BCUT2D eigenvalue weighted by Crippen LogP contribution is 2.23. The fraction of sp³-hybridized carbons (Fsp3) is 0.0625. The van der Waals surface area contributed by atoms with Crippen molar-refractivity contribution >= 4 is 61.0 Å². The smallest absolute Gasteiger partial charge is 0.338 e. The van der Waals surface area contributed by atoms with Gasteiger partial charge in [0.2, 0.25) is 10.9 Å². The number of hydrogen-bond donors (Lipinski definition) is 0. The molecule has 0 aliphatic heterocycles. The second-order valence-electron chi connectivity index (χ2n) is 9.18. The highest BCUT2D eigenvalue weighted by Gasteiger charge is 2.16. The van der Waals surface area contributed by atoms with E-state index in [0.717, 1.165) is 6.20 Å². The third-order valence-corrected chi connectivity index (χ3v) is 6.72. The van der Waals surface area contributed by atoms with Crippen LogP contribution in [0, 0.1) is 10.1 Å². The fourth-order valence-electron chi connectivity index (χ4n) is 4.70. The summed E-state index contributed by atoms with van der Waals surface area (Å²) in [5.41, 5.74) is 0.0662. The van der Waals surface area contributed by atoms with E-state index >= 15 is 0 Å². The van der Waals surface area contributed by atoms with Crippen LogP contribution in [0.4, 0.5) is 5.69 Å². The summed E-state index contributed by atoms with van der Waals surface area (Å²) in [5.74, 6) is -1.11. The average Bonchev–Trinajstić information content (AvgIpc) is 3.25. The lowest BCUT2D eigenvalue weighted by molar-refractivity contribution is -0.385. The Bertz CT molecular complexity index is 2240. The lowest BCUT2D eigenvalue weighted by Crippen LogP contribution is -2.02. The Morgan fingerprint density at radius 1 is 0.674 bits per heavy atom. The SMILES string of the molecule is COC(=O)c1cc2cc([N+](=O)[O-])cnc2c(=O)c2ccccc12.COC(=O)c1cc2cccnc2c(=O)c2ccccc12. The Labute approximate surface area is 242 Å². The van der Waals surface area contributed by atoms with Crippen LogP contribution in [0.1, 0.15) is 20.7 Å². The Kier molecular flexibility index (Phi) is 7.79. The van der Waals surface area contributed by atoms with Crippen LogP contribution in [-0.4, -0.2) is 41.0 Å². The molecule has 0 amide bonds. The molecular formula is C32H21N3O8. The Hall–Kier alpha value is -6.10. The minimum Gasteiger partial charge on any atom is -0.465 e. The van der Waals surface area contributed by atoms with Gasteiger partial charge in [0.25, 0.3) is 5.69 Å². The van der Waals surface area contributed by atoms with E-state index in [0.29, 0.717) is 38.0 Å². The molecule has 0 atom stereocenters. The van der Waals surface area contributed by atoms with Gasteiger partial charge in [-0.05, 0) is 18.2 Å². The quantitative estimate of drug-likeness (QED) is 0.160. The fourth-order valence-corrected chi connectivity index (χ4v) is 4.70. The van der Waals surface area contributed by atoms with Crippen molar-refractivity contribution in [3.8, 4) is 0 Å². The number of benzene rings is 2. The van der Waals surface area contributed by atoms with Crippen LogP contribution in [0.15, 0.2) is 101 Å². The maximum absolute atomic E-state index is 12.6. The van der Waals surface area contributed by atoms with Crippen LogP contribution < -0.4 is 10.9 Å². The van der Waals surface area contributed by atoms with Gasteiger partial charge in [-0.15, -0.1) is 0 Å². The van der Waals surface area contributed by atoms with Crippen molar-refractivity contribution in [2.24, 2.45) is 0 Å². The molecule has 0 aliphatic carbocycles. The van der Waals surface area contributed by atoms with E-state index in [1.165, 1.54) is 26.4 Å². The number of ether oxygens (including phenoxy) is 2. The maximum Gasteiger partial charge on any atom is 0.338 e. The summed E-state index contributed by atoms with van der Waals surface area (Å²) in [4.78, 5) is 67.6. The molecule has 11 heteroatoms. The predicted octanol–water partition coefficient (Wildman–Crippen LogP) is 4.98. The standard InChI is InChI=1S/C16H10N2O5.C16H11NO3/c1-23-16(20)13-7-9-6-10(18(21)22)8-17-14(9)15(19)12-5-3-2-4-11(12)13;1-20-16(19)13-9-10-5-4-8-17-14(10)15(18)12-7-3-2-6-11(12)13/h2-8H,1H3;2-9H,1H3. The lowest BCUT2D eigenvalue weighted by atomic mass is 10.1. The van der Waals surface area contributed by atoms with Crippen LogP contribution in [-0.2, 0) is 9.47 Å². The zero-order valence-electron chi connectivity index (χ0n) is 22.8. The first-order valence-electron chi connectivity index (χ1n) is 12.7. The molecule has 0 fully saturated rings. The van der Waals surface area contributed by atoms with Crippen molar-refractivity contribution < 1.29 is 24.0 Å². The van der Waals surface area contributed by atoms with Crippen LogP contribution in [0.3, 0.4) is 0 Å². The molecule has 2 heterocycles. The van der Waals surface area contributed by atoms with Gasteiger partial charge >= 0.3 is 11.9 Å². The molecule has 0 radical (unpaired) electrons. The number of pyridine rings is 2.